The molecule has 352 valence electrons. The second kappa shape index (κ2) is 19.1. The molecule has 18 heteroatoms. The van der Waals surface area contributed by atoms with E-state index in [9.17, 15) is 26.4 Å². The number of anilines is 2. The van der Waals surface area contributed by atoms with Crippen molar-refractivity contribution in [3.63, 3.8) is 0 Å². The number of aromatic nitrogens is 6. The van der Waals surface area contributed by atoms with Crippen molar-refractivity contribution < 1.29 is 35.9 Å². The molecule has 6 aromatic rings. The highest BCUT2D eigenvalue weighted by molar-refractivity contribution is 7.90. The smallest absolute Gasteiger partial charge is 0.188 e. The van der Waals surface area contributed by atoms with Crippen molar-refractivity contribution in [1.29, 1.82) is 0 Å². The van der Waals surface area contributed by atoms with Crippen molar-refractivity contribution in [3.05, 3.63) is 72.3 Å². The second-order valence-electron chi connectivity index (χ2n) is 19.3. The monoisotopic (exact) mass is 940 g/mol. The first-order chi connectivity index (χ1) is 31.0. The predicted octanol–water partition coefficient (Wildman–Crippen LogP) is 8.10. The van der Waals surface area contributed by atoms with Crippen LogP contribution in [0.2, 0.25) is 0 Å². The molecule has 2 aliphatic heterocycles. The van der Waals surface area contributed by atoms with E-state index in [4.69, 9.17) is 19.4 Å². The van der Waals surface area contributed by atoms with Gasteiger partial charge in [-0.3, -0.25) is 9.59 Å². The van der Waals surface area contributed by atoms with Gasteiger partial charge in [0.2, 0.25) is 0 Å². The van der Waals surface area contributed by atoms with Gasteiger partial charge < -0.3 is 29.2 Å². The van der Waals surface area contributed by atoms with Gasteiger partial charge in [-0.25, -0.2) is 36.8 Å². The van der Waals surface area contributed by atoms with E-state index >= 15 is 0 Å². The summed E-state index contributed by atoms with van der Waals surface area (Å²) >= 11 is 0. The number of nitrogens with one attached hydrogen (secondary N) is 2. The number of hydrogen-bond acceptors (Lipinski definition) is 14. The van der Waals surface area contributed by atoms with Gasteiger partial charge in [-0.05, 0) is 56.4 Å². The number of fused-ring (bicyclic) bond motifs is 2. The number of carbonyl (C=O) groups excluding carboxylic acids is 2. The molecule has 0 spiro atoms. The fourth-order valence-corrected chi connectivity index (χ4v) is 8.84. The molecule has 6 heterocycles. The Kier molecular flexibility index (Phi) is 13.9. The summed E-state index contributed by atoms with van der Waals surface area (Å²) < 4.78 is 57.6. The maximum atomic E-state index is 12.9. The van der Waals surface area contributed by atoms with Gasteiger partial charge >= 0.3 is 0 Å². The third-order valence-electron chi connectivity index (χ3n) is 11.3. The minimum Gasteiger partial charge on any atom is -0.493 e. The number of carbonyl (C=O) groups is 2. The Hall–Kier alpha value is -5.88. The zero-order valence-corrected chi connectivity index (χ0v) is 40.7. The zero-order valence-electron chi connectivity index (χ0n) is 39.0. The van der Waals surface area contributed by atoms with Crippen LogP contribution in [0.4, 0.5) is 11.4 Å². The van der Waals surface area contributed by atoms with Crippen LogP contribution in [0.25, 0.3) is 44.8 Å². The third kappa shape index (κ3) is 11.9. The van der Waals surface area contributed by atoms with Gasteiger partial charge in [0.1, 0.15) is 32.4 Å². The quantitative estimate of drug-likeness (QED) is 0.0781. The van der Waals surface area contributed by atoms with Crippen LogP contribution >= 0.6 is 0 Å². The average Bonchev–Trinajstić information content (AvgIpc) is 4.10. The third-order valence-corrected chi connectivity index (χ3v) is 12.9. The van der Waals surface area contributed by atoms with Crippen molar-refractivity contribution >= 4 is 64.9 Å². The van der Waals surface area contributed by atoms with E-state index in [1.54, 1.807) is 30.9 Å². The molecule has 8 rings (SSSR count). The standard InChI is InChI=1S/C25H32N4O4S.C23H28N4O4S/c1-25(2,3)23(30)20-15-26-24-22(20)28-21(16-27-24)17-12-18(29-8-5-6-9-29)14-19(13-17)33-10-7-11-34(4,31)32;1-23(2,3)21(28)18-12-24-22-20(18)26-19(13-25-22)15-9-16(27-7-5-6-8-27)11-17(10-15)31-14-32(4,29)30/h12-16H,5-11H2,1-4H3,(H,26,27);9-13H,5-8,14H2,1-4H3,(H,24,25). The van der Waals surface area contributed by atoms with Gasteiger partial charge in [0, 0.05) is 96.5 Å². The molecule has 0 amide bonds. The van der Waals surface area contributed by atoms with E-state index in [1.807, 2.05) is 65.8 Å². The van der Waals surface area contributed by atoms with Crippen molar-refractivity contribution in [1.82, 2.24) is 29.9 Å². The topological polar surface area (TPSA) is 210 Å². The summed E-state index contributed by atoms with van der Waals surface area (Å²) in [6.45, 7) is 15.4. The second-order valence-corrected chi connectivity index (χ2v) is 23.7. The van der Waals surface area contributed by atoms with E-state index in [2.05, 4.69) is 35.8 Å². The lowest BCUT2D eigenvalue weighted by Crippen LogP contribution is -2.20. The molecule has 0 bridgehead atoms. The normalized spacial score (nSPS) is 14.7. The predicted molar refractivity (Wildman–Crippen MR) is 259 cm³/mol. The van der Waals surface area contributed by atoms with Crippen LogP contribution in [0.3, 0.4) is 0 Å². The van der Waals surface area contributed by atoms with Crippen molar-refractivity contribution in [2.75, 3.05) is 66.8 Å². The Morgan fingerprint density at radius 1 is 0.621 bits per heavy atom. The van der Waals surface area contributed by atoms with Gasteiger partial charge in [0.25, 0.3) is 0 Å². The van der Waals surface area contributed by atoms with Gasteiger partial charge in [0.05, 0.1) is 47.3 Å². The highest BCUT2D eigenvalue weighted by Gasteiger charge is 2.28. The highest BCUT2D eigenvalue weighted by atomic mass is 32.2. The molecule has 16 nitrogen and oxygen atoms in total. The van der Waals surface area contributed by atoms with E-state index in [-0.39, 0.29) is 17.3 Å². The number of sulfone groups is 2. The summed E-state index contributed by atoms with van der Waals surface area (Å²) in [5.74, 6) is 0.796. The summed E-state index contributed by atoms with van der Waals surface area (Å²) in [6, 6.07) is 11.6. The molecule has 0 saturated carbocycles. The number of hydrogen-bond donors (Lipinski definition) is 2. The van der Waals surface area contributed by atoms with Crippen LogP contribution < -0.4 is 19.3 Å². The van der Waals surface area contributed by atoms with E-state index in [0.717, 1.165) is 80.6 Å². The number of Topliss-reactive ketones (excluding diaryl/α,β-unsaturated/α-hetero) is 2. The maximum Gasteiger partial charge on any atom is 0.188 e. The molecule has 0 radical (unpaired) electrons. The Balaban J connectivity index is 0.000000197. The Bertz CT molecular complexity index is 2970. The largest absolute Gasteiger partial charge is 0.493 e. The minimum atomic E-state index is -3.29. The molecular weight excluding hydrogens is 881 g/mol. The van der Waals surface area contributed by atoms with Crippen LogP contribution in [0.1, 0.15) is 94.4 Å². The van der Waals surface area contributed by atoms with Crippen LogP contribution in [0.15, 0.2) is 61.2 Å². The van der Waals surface area contributed by atoms with Crippen molar-refractivity contribution in [2.45, 2.75) is 73.6 Å². The maximum absolute atomic E-state index is 12.9. The van der Waals surface area contributed by atoms with Gasteiger partial charge in [-0.1, -0.05) is 41.5 Å². The number of ether oxygens (including phenoxy) is 2. The minimum absolute atomic E-state index is 0.00548. The number of ketones is 2. The van der Waals surface area contributed by atoms with Gasteiger partial charge in [-0.2, -0.15) is 0 Å². The van der Waals surface area contributed by atoms with Crippen LogP contribution in [0.5, 0.6) is 11.5 Å². The number of H-pyrrole nitrogens is 2. The molecule has 2 fully saturated rings. The summed E-state index contributed by atoms with van der Waals surface area (Å²) in [5.41, 5.74) is 6.97. The number of benzene rings is 2. The lowest BCUT2D eigenvalue weighted by atomic mass is 9.87. The summed E-state index contributed by atoms with van der Waals surface area (Å²) in [6.07, 6.45) is 14.0. The molecule has 0 atom stereocenters. The highest BCUT2D eigenvalue weighted by Crippen LogP contribution is 2.35. The van der Waals surface area contributed by atoms with Gasteiger partial charge in [0.15, 0.2) is 38.6 Å². The Morgan fingerprint density at radius 3 is 1.44 bits per heavy atom. The first kappa shape index (κ1) is 48.1. The summed E-state index contributed by atoms with van der Waals surface area (Å²) in [5, 5.41) is 0. The lowest BCUT2D eigenvalue weighted by Gasteiger charge is -2.20. The number of aromatic amines is 2. The SMILES string of the molecule is CC(C)(C)C(=O)c1c[nH]c2ncc(-c3cc(OCCCS(C)(=O)=O)cc(N4CCCC4)c3)nc12.CC(C)(C)C(=O)c1c[nH]c2ncc(-c3cc(OCS(C)(=O)=O)cc(N4CCCC4)c3)nc12. The van der Waals surface area contributed by atoms with Gasteiger partial charge in [-0.15, -0.1) is 0 Å². The lowest BCUT2D eigenvalue weighted by molar-refractivity contribution is 0.0854. The number of rotatable bonds is 14. The van der Waals surface area contributed by atoms with Crippen molar-refractivity contribution in [2.24, 2.45) is 10.8 Å². The molecule has 2 aliphatic rings. The first-order valence-corrected chi connectivity index (χ1v) is 26.3. The molecule has 66 heavy (non-hydrogen) atoms. The zero-order chi connectivity index (χ0) is 47.6. The molecule has 4 aromatic heterocycles. The molecule has 0 unspecified atom stereocenters. The summed E-state index contributed by atoms with van der Waals surface area (Å²) in [7, 11) is -6.31. The molecule has 0 aliphatic carbocycles. The average molecular weight is 941 g/mol. The van der Waals surface area contributed by atoms with Crippen molar-refractivity contribution in [3.8, 4) is 34.0 Å². The first-order valence-electron chi connectivity index (χ1n) is 22.2. The fraction of sp³-hybridized carbons (Fsp3) is 0.458. The van der Waals surface area contributed by atoms with Crippen LogP contribution in [-0.2, 0) is 19.7 Å². The van der Waals surface area contributed by atoms with E-state index in [1.165, 1.54) is 6.26 Å². The van der Waals surface area contributed by atoms with E-state index < -0.39 is 36.4 Å². The summed E-state index contributed by atoms with van der Waals surface area (Å²) in [4.78, 5) is 55.0. The Labute approximate surface area is 386 Å². The fourth-order valence-electron chi connectivity index (χ4n) is 7.85. The molecular formula is C48H60N8O8S2. The molecule has 2 N–H and O–H groups in total. The van der Waals surface area contributed by atoms with E-state index in [0.29, 0.717) is 69.4 Å². The molecule has 2 aromatic carbocycles. The van der Waals surface area contributed by atoms with Crippen LogP contribution in [0, 0.1) is 10.8 Å². The molecule has 2 saturated heterocycles. The Morgan fingerprint density at radius 2 is 1.05 bits per heavy atom. The van der Waals surface area contributed by atoms with Crippen LogP contribution in [-0.4, -0.2) is 115 Å². The number of nitrogens with zero attached hydrogens (tertiary/aromatic N) is 6.